The van der Waals surface area contributed by atoms with E-state index < -0.39 is 11.8 Å². The standard InChI is InChI=1S/C18H23N3O5/c1-3-5-13-8-12(9-15(25-2)16(13)22)10-20-21-18(24)17(23)19-11-14-6-4-7-26-14/h3,8-10,14,22H,1,4-7,11H2,2H3,(H,19,23)(H,21,24)/b20-10+/t14-/m0/s1. The highest BCUT2D eigenvalue weighted by Crippen LogP contribution is 2.31. The van der Waals surface area contributed by atoms with Gasteiger partial charge in [0, 0.05) is 18.7 Å². The Morgan fingerprint density at radius 3 is 2.92 bits per heavy atom. The Kier molecular flexibility index (Phi) is 7.16. The van der Waals surface area contributed by atoms with Gasteiger partial charge in [0.05, 0.1) is 19.4 Å². The van der Waals surface area contributed by atoms with E-state index >= 15 is 0 Å². The van der Waals surface area contributed by atoms with Gasteiger partial charge in [0.25, 0.3) is 0 Å². The number of amides is 2. The lowest BCUT2D eigenvalue weighted by molar-refractivity contribution is -0.139. The fraction of sp³-hybridized carbons (Fsp3) is 0.389. The summed E-state index contributed by atoms with van der Waals surface area (Å²) in [6.45, 7) is 4.62. The number of phenolic OH excluding ortho intramolecular Hbond substituents is 1. The van der Waals surface area contributed by atoms with Crippen LogP contribution in [0.3, 0.4) is 0 Å². The molecule has 0 aliphatic carbocycles. The molecule has 0 saturated carbocycles. The largest absolute Gasteiger partial charge is 0.504 e. The van der Waals surface area contributed by atoms with E-state index in [9.17, 15) is 14.7 Å². The zero-order valence-electron chi connectivity index (χ0n) is 14.7. The SMILES string of the molecule is C=CCc1cc(/C=N/NC(=O)C(=O)NC[C@@H]2CCCO2)cc(OC)c1O. The van der Waals surface area contributed by atoms with E-state index in [-0.39, 0.29) is 17.6 Å². The number of phenols is 1. The number of hydrogen-bond acceptors (Lipinski definition) is 6. The lowest BCUT2D eigenvalue weighted by Crippen LogP contribution is -2.41. The summed E-state index contributed by atoms with van der Waals surface area (Å²) in [6.07, 6.45) is 5.25. The number of allylic oxidation sites excluding steroid dienone is 1. The number of benzene rings is 1. The van der Waals surface area contributed by atoms with Crippen molar-refractivity contribution in [2.45, 2.75) is 25.4 Å². The van der Waals surface area contributed by atoms with E-state index in [0.717, 1.165) is 12.8 Å². The van der Waals surface area contributed by atoms with Gasteiger partial charge in [-0.15, -0.1) is 6.58 Å². The van der Waals surface area contributed by atoms with E-state index in [0.29, 0.717) is 30.7 Å². The van der Waals surface area contributed by atoms with E-state index in [1.165, 1.54) is 13.3 Å². The van der Waals surface area contributed by atoms with Gasteiger partial charge in [0.1, 0.15) is 0 Å². The second-order valence-corrected chi connectivity index (χ2v) is 5.77. The Morgan fingerprint density at radius 1 is 1.46 bits per heavy atom. The number of carbonyl (C=O) groups is 2. The Hall–Kier alpha value is -2.87. The summed E-state index contributed by atoms with van der Waals surface area (Å²) in [5.74, 6) is -1.32. The maximum Gasteiger partial charge on any atom is 0.329 e. The molecule has 8 heteroatoms. The smallest absolute Gasteiger partial charge is 0.329 e. The average Bonchev–Trinajstić information content (AvgIpc) is 3.15. The molecule has 1 saturated heterocycles. The van der Waals surface area contributed by atoms with E-state index in [4.69, 9.17) is 9.47 Å². The highest BCUT2D eigenvalue weighted by Gasteiger charge is 2.19. The molecule has 3 N–H and O–H groups in total. The molecule has 0 bridgehead atoms. The summed E-state index contributed by atoms with van der Waals surface area (Å²) >= 11 is 0. The Bertz CT molecular complexity index is 696. The second kappa shape index (κ2) is 9.57. The number of nitrogens with zero attached hydrogens (tertiary/aromatic N) is 1. The van der Waals surface area contributed by atoms with Crippen molar-refractivity contribution >= 4 is 18.0 Å². The average molecular weight is 361 g/mol. The molecule has 1 aromatic carbocycles. The van der Waals surface area contributed by atoms with Crippen molar-refractivity contribution in [3.8, 4) is 11.5 Å². The van der Waals surface area contributed by atoms with Gasteiger partial charge in [0.15, 0.2) is 11.5 Å². The van der Waals surface area contributed by atoms with Crippen molar-refractivity contribution in [2.75, 3.05) is 20.3 Å². The van der Waals surface area contributed by atoms with Crippen LogP contribution < -0.4 is 15.5 Å². The van der Waals surface area contributed by atoms with Crippen LogP contribution in [-0.4, -0.2) is 49.5 Å². The fourth-order valence-corrected chi connectivity index (χ4v) is 2.54. The number of hydrogen-bond donors (Lipinski definition) is 3. The first-order valence-corrected chi connectivity index (χ1v) is 8.28. The quantitative estimate of drug-likeness (QED) is 0.289. The molecule has 1 atom stereocenters. The molecule has 1 heterocycles. The fourth-order valence-electron chi connectivity index (χ4n) is 2.54. The molecule has 8 nitrogen and oxygen atoms in total. The molecule has 1 aliphatic rings. The van der Waals surface area contributed by atoms with E-state index in [1.807, 2.05) is 0 Å². The van der Waals surface area contributed by atoms with E-state index in [2.05, 4.69) is 22.4 Å². The van der Waals surface area contributed by atoms with Gasteiger partial charge in [-0.1, -0.05) is 6.08 Å². The highest BCUT2D eigenvalue weighted by atomic mass is 16.5. The number of rotatable bonds is 7. The Morgan fingerprint density at radius 2 is 2.27 bits per heavy atom. The molecule has 140 valence electrons. The number of methoxy groups -OCH3 is 1. The first-order chi connectivity index (χ1) is 12.5. The molecule has 26 heavy (non-hydrogen) atoms. The third kappa shape index (κ3) is 5.32. The summed E-state index contributed by atoms with van der Waals surface area (Å²) in [6, 6.07) is 3.25. The summed E-state index contributed by atoms with van der Waals surface area (Å²) in [7, 11) is 1.44. The zero-order chi connectivity index (χ0) is 18.9. The molecule has 0 spiro atoms. The normalized spacial score (nSPS) is 16.4. The van der Waals surface area contributed by atoms with Crippen molar-refractivity contribution in [1.29, 1.82) is 0 Å². The minimum atomic E-state index is -0.865. The van der Waals surface area contributed by atoms with Crippen LogP contribution in [0.4, 0.5) is 0 Å². The molecule has 2 rings (SSSR count). The molecule has 0 radical (unpaired) electrons. The minimum Gasteiger partial charge on any atom is -0.504 e. The van der Waals surface area contributed by atoms with Crippen molar-refractivity contribution in [3.63, 3.8) is 0 Å². The first-order valence-electron chi connectivity index (χ1n) is 8.28. The molecular formula is C18H23N3O5. The van der Waals surface area contributed by atoms with Crippen LogP contribution in [0.5, 0.6) is 11.5 Å². The maximum absolute atomic E-state index is 11.7. The third-order valence-corrected chi connectivity index (χ3v) is 3.86. The summed E-state index contributed by atoms with van der Waals surface area (Å²) in [5, 5.41) is 16.3. The van der Waals surface area contributed by atoms with Crippen LogP contribution in [0.25, 0.3) is 0 Å². The first kappa shape index (κ1) is 19.5. The Balaban J connectivity index is 1.91. The minimum absolute atomic E-state index is 0.0297. The summed E-state index contributed by atoms with van der Waals surface area (Å²) in [4.78, 5) is 23.4. The molecule has 1 fully saturated rings. The lowest BCUT2D eigenvalue weighted by Gasteiger charge is -2.10. The van der Waals surface area contributed by atoms with Crippen LogP contribution in [0.1, 0.15) is 24.0 Å². The lowest BCUT2D eigenvalue weighted by atomic mass is 10.1. The molecule has 1 aromatic rings. The van der Waals surface area contributed by atoms with Crippen molar-refractivity contribution in [3.05, 3.63) is 35.9 Å². The molecule has 0 aromatic heterocycles. The highest BCUT2D eigenvalue weighted by molar-refractivity contribution is 6.35. The van der Waals surface area contributed by atoms with Crippen molar-refractivity contribution in [1.82, 2.24) is 10.7 Å². The van der Waals surface area contributed by atoms with Gasteiger partial charge >= 0.3 is 11.8 Å². The molecule has 0 unspecified atom stereocenters. The van der Waals surface area contributed by atoms with Gasteiger partial charge in [0.2, 0.25) is 0 Å². The predicted octanol–water partition coefficient (Wildman–Crippen LogP) is 0.875. The number of hydrazone groups is 1. The topological polar surface area (TPSA) is 109 Å². The van der Waals surface area contributed by atoms with Crippen LogP contribution in [0, 0.1) is 0 Å². The van der Waals surface area contributed by atoms with Crippen molar-refractivity contribution in [2.24, 2.45) is 5.10 Å². The van der Waals surface area contributed by atoms with Gasteiger partial charge in [-0.05, 0) is 37.0 Å². The monoisotopic (exact) mass is 361 g/mol. The van der Waals surface area contributed by atoms with Crippen LogP contribution >= 0.6 is 0 Å². The maximum atomic E-state index is 11.7. The van der Waals surface area contributed by atoms with Crippen molar-refractivity contribution < 1.29 is 24.2 Å². The molecular weight excluding hydrogens is 338 g/mol. The van der Waals surface area contributed by atoms with Gasteiger partial charge in [-0.3, -0.25) is 9.59 Å². The van der Waals surface area contributed by atoms with Crippen LogP contribution in [0.15, 0.2) is 29.9 Å². The number of carbonyl (C=O) groups excluding carboxylic acids is 2. The number of nitrogens with one attached hydrogen (secondary N) is 2. The summed E-state index contributed by atoms with van der Waals surface area (Å²) < 4.78 is 10.5. The van der Waals surface area contributed by atoms with Gasteiger partial charge < -0.3 is 19.9 Å². The second-order valence-electron chi connectivity index (χ2n) is 5.77. The predicted molar refractivity (Wildman–Crippen MR) is 96.3 cm³/mol. The zero-order valence-corrected chi connectivity index (χ0v) is 14.7. The summed E-state index contributed by atoms with van der Waals surface area (Å²) in [5.41, 5.74) is 3.37. The molecule has 2 amide bonds. The Labute approximate surface area is 151 Å². The number of ether oxygens (including phenoxy) is 2. The van der Waals surface area contributed by atoms with Gasteiger partial charge in [-0.2, -0.15) is 5.10 Å². The molecule has 1 aliphatic heterocycles. The number of aromatic hydroxyl groups is 1. The van der Waals surface area contributed by atoms with Crippen LogP contribution in [-0.2, 0) is 20.7 Å². The van der Waals surface area contributed by atoms with Crippen LogP contribution in [0.2, 0.25) is 0 Å². The third-order valence-electron chi connectivity index (χ3n) is 3.86. The van der Waals surface area contributed by atoms with Gasteiger partial charge in [-0.25, -0.2) is 5.43 Å². The van der Waals surface area contributed by atoms with E-state index in [1.54, 1.807) is 18.2 Å².